The molecule has 1 aliphatic rings. The zero-order valence-corrected chi connectivity index (χ0v) is 26.7. The van der Waals surface area contributed by atoms with Gasteiger partial charge in [0.2, 0.25) is 0 Å². The third kappa shape index (κ3) is 11.5. The summed E-state index contributed by atoms with van der Waals surface area (Å²) in [6.07, 6.45) is 5.48. The Morgan fingerprint density at radius 1 is 0.870 bits per heavy atom. The highest BCUT2D eigenvalue weighted by Gasteiger charge is 2.41. The maximum Gasteiger partial charge on any atom is 0.336 e. The van der Waals surface area contributed by atoms with E-state index in [9.17, 15) is 14.4 Å². The van der Waals surface area contributed by atoms with Gasteiger partial charge >= 0.3 is 17.9 Å². The number of ether oxygens (including phenoxy) is 1. The van der Waals surface area contributed by atoms with Gasteiger partial charge in [-0.3, -0.25) is 24.5 Å². The molecule has 0 saturated carbocycles. The Bertz CT molecular complexity index is 1420. The molecule has 1 aliphatic heterocycles. The Labute approximate surface area is 269 Å². The van der Waals surface area contributed by atoms with Crippen molar-refractivity contribution in [2.45, 2.75) is 95.8 Å². The molecule has 0 radical (unpaired) electrons. The minimum absolute atomic E-state index is 0.0813. The van der Waals surface area contributed by atoms with Crippen LogP contribution in [-0.2, 0) is 34.1 Å². The number of aliphatic hydroxyl groups is 1. The first-order chi connectivity index (χ1) is 21.6. The van der Waals surface area contributed by atoms with Crippen molar-refractivity contribution in [3.63, 3.8) is 0 Å². The van der Waals surface area contributed by atoms with Gasteiger partial charge in [-0.25, -0.2) is 4.79 Å². The molecule has 1 aromatic carbocycles. The second-order valence-electron chi connectivity index (χ2n) is 12.9. The van der Waals surface area contributed by atoms with Crippen LogP contribution in [0.2, 0.25) is 0 Å². The second kappa shape index (κ2) is 15.7. The average molecular weight is 637 g/mol. The van der Waals surface area contributed by atoms with Gasteiger partial charge in [0.05, 0.1) is 18.5 Å². The summed E-state index contributed by atoms with van der Waals surface area (Å²) in [5.41, 5.74) is 0.846. The van der Waals surface area contributed by atoms with Gasteiger partial charge in [-0.1, -0.05) is 24.3 Å². The monoisotopic (exact) mass is 636 g/mol. The average Bonchev–Trinajstić information content (AvgIpc) is 2.95. The summed E-state index contributed by atoms with van der Waals surface area (Å²) in [5, 5.41) is 37.6. The van der Waals surface area contributed by atoms with E-state index >= 15 is 0 Å². The van der Waals surface area contributed by atoms with Crippen LogP contribution in [-0.4, -0.2) is 75.9 Å². The number of carboxylic acids is 3. The molecule has 0 unspecified atom stereocenters. The first-order valence-electron chi connectivity index (χ1n) is 15.0. The maximum atomic E-state index is 10.3. The fraction of sp³-hybridized carbons (Fsp3) is 0.441. The van der Waals surface area contributed by atoms with Crippen LogP contribution in [0.5, 0.6) is 5.75 Å². The molecule has 0 amide bonds. The smallest absolute Gasteiger partial charge is 0.336 e. The highest BCUT2D eigenvalue weighted by Crippen LogP contribution is 2.34. The van der Waals surface area contributed by atoms with E-state index in [4.69, 9.17) is 25.2 Å². The fourth-order valence-electron chi connectivity index (χ4n) is 5.91. The number of piperidine rings is 1. The lowest BCUT2D eigenvalue weighted by Gasteiger charge is -2.50. The van der Waals surface area contributed by atoms with Crippen molar-refractivity contribution in [2.24, 2.45) is 0 Å². The fourth-order valence-corrected chi connectivity index (χ4v) is 5.91. The number of hydrogen-bond acceptors (Lipinski definition) is 9. The number of carboxylic acid groups (broad SMARTS) is 3. The molecule has 0 bridgehead atoms. The normalized spacial score (nSPS) is 15.8. The van der Waals surface area contributed by atoms with E-state index < -0.39 is 36.4 Å². The SMILES string of the molecule is CC1(C)CC(N(Cc2ccncc2)Cc2ccccc2OCc2ccccn2)CC(C)(C)N1.O=C(O)CC(O)(CC(=O)O)C(=O)O. The minimum atomic E-state index is -2.74. The number of hydrogen-bond donors (Lipinski definition) is 5. The lowest BCUT2D eigenvalue weighted by Crippen LogP contribution is -2.62. The highest BCUT2D eigenvalue weighted by molar-refractivity contribution is 5.88. The number of rotatable bonds is 13. The van der Waals surface area contributed by atoms with Crippen molar-refractivity contribution in [3.8, 4) is 5.75 Å². The zero-order chi connectivity index (χ0) is 34.0. The summed E-state index contributed by atoms with van der Waals surface area (Å²) in [6, 6.07) is 19.0. The van der Waals surface area contributed by atoms with E-state index in [1.54, 1.807) is 0 Å². The standard InChI is InChI=1S/C28H36N4O.C6H8O7/c1-27(2)17-25(18-28(3,4)31-27)32(19-22-12-15-29-16-13-22)20-23-9-5-6-11-26(23)33-21-24-10-7-8-14-30-24;7-3(8)1-6(13,5(11)12)2-4(9)10/h5-16,25,31H,17-21H2,1-4H3;13H,1-2H2,(H,7,8)(H,9,10)(H,11,12). The first-order valence-corrected chi connectivity index (χ1v) is 15.0. The molecule has 3 heterocycles. The predicted octanol–water partition coefficient (Wildman–Crippen LogP) is 4.12. The molecular formula is C34H44N4O8. The number of benzene rings is 1. The van der Waals surface area contributed by atoms with E-state index in [0.717, 1.165) is 37.4 Å². The van der Waals surface area contributed by atoms with Crippen LogP contribution in [0.3, 0.4) is 0 Å². The van der Waals surface area contributed by atoms with Crippen LogP contribution in [0.25, 0.3) is 0 Å². The summed E-state index contributed by atoms with van der Waals surface area (Å²) >= 11 is 0. The molecule has 0 spiro atoms. The molecule has 3 aromatic rings. The molecular weight excluding hydrogens is 592 g/mol. The van der Waals surface area contributed by atoms with Crippen LogP contribution in [0.1, 0.15) is 70.2 Å². The van der Waals surface area contributed by atoms with Gasteiger partial charge in [0.15, 0.2) is 5.60 Å². The quantitative estimate of drug-likeness (QED) is 0.181. The van der Waals surface area contributed by atoms with E-state index in [2.05, 4.69) is 78.2 Å². The summed E-state index contributed by atoms with van der Waals surface area (Å²) < 4.78 is 6.23. The number of para-hydroxylation sites is 1. The van der Waals surface area contributed by atoms with Crippen molar-refractivity contribution < 1.29 is 39.5 Å². The minimum Gasteiger partial charge on any atom is -0.487 e. The summed E-state index contributed by atoms with van der Waals surface area (Å²) in [6.45, 7) is 11.4. The van der Waals surface area contributed by atoms with Crippen molar-refractivity contribution in [2.75, 3.05) is 0 Å². The van der Waals surface area contributed by atoms with Gasteiger partial charge in [0.1, 0.15) is 12.4 Å². The van der Waals surface area contributed by atoms with Gasteiger partial charge in [-0.15, -0.1) is 0 Å². The van der Waals surface area contributed by atoms with Gasteiger partial charge in [0.25, 0.3) is 0 Å². The first kappa shape index (κ1) is 36.1. The molecule has 1 fully saturated rings. The molecule has 5 N–H and O–H groups in total. The van der Waals surface area contributed by atoms with Crippen molar-refractivity contribution >= 4 is 17.9 Å². The van der Waals surface area contributed by atoms with Crippen molar-refractivity contribution in [1.82, 2.24) is 20.2 Å². The van der Waals surface area contributed by atoms with Gasteiger partial charge < -0.3 is 30.5 Å². The highest BCUT2D eigenvalue weighted by atomic mass is 16.5. The second-order valence-corrected chi connectivity index (χ2v) is 12.9. The lowest BCUT2D eigenvalue weighted by atomic mass is 9.78. The molecule has 0 atom stereocenters. The number of nitrogens with one attached hydrogen (secondary N) is 1. The Morgan fingerprint density at radius 3 is 2.00 bits per heavy atom. The molecule has 248 valence electrons. The molecule has 12 heteroatoms. The van der Waals surface area contributed by atoms with Crippen LogP contribution in [0, 0.1) is 0 Å². The van der Waals surface area contributed by atoms with E-state index in [1.165, 1.54) is 11.1 Å². The van der Waals surface area contributed by atoms with Crippen LogP contribution < -0.4 is 10.1 Å². The Balaban J connectivity index is 0.000000376. The van der Waals surface area contributed by atoms with E-state index in [1.807, 2.05) is 42.9 Å². The number of nitrogens with zero attached hydrogens (tertiary/aromatic N) is 3. The third-order valence-electron chi connectivity index (χ3n) is 7.55. The number of aliphatic carboxylic acids is 3. The van der Waals surface area contributed by atoms with Crippen LogP contribution in [0.4, 0.5) is 0 Å². The van der Waals surface area contributed by atoms with E-state index in [-0.39, 0.29) is 11.1 Å². The topological polar surface area (TPSA) is 182 Å². The number of pyridine rings is 2. The van der Waals surface area contributed by atoms with Gasteiger partial charge in [-0.05, 0) is 76.4 Å². The van der Waals surface area contributed by atoms with E-state index in [0.29, 0.717) is 12.6 Å². The Kier molecular flexibility index (Phi) is 12.4. The van der Waals surface area contributed by atoms with Gasteiger partial charge in [0, 0.05) is 54.4 Å². The predicted molar refractivity (Wildman–Crippen MR) is 170 cm³/mol. The summed E-state index contributed by atoms with van der Waals surface area (Å²) in [4.78, 5) is 41.7. The lowest BCUT2D eigenvalue weighted by molar-refractivity contribution is -0.170. The molecule has 46 heavy (non-hydrogen) atoms. The van der Waals surface area contributed by atoms with Gasteiger partial charge in [-0.2, -0.15) is 0 Å². The molecule has 0 aliphatic carbocycles. The Hall–Kier alpha value is -4.39. The summed E-state index contributed by atoms with van der Waals surface area (Å²) in [7, 11) is 0. The zero-order valence-electron chi connectivity index (χ0n) is 26.7. The maximum absolute atomic E-state index is 10.3. The molecule has 1 saturated heterocycles. The van der Waals surface area contributed by atoms with Crippen LogP contribution >= 0.6 is 0 Å². The number of aromatic nitrogens is 2. The van der Waals surface area contributed by atoms with Crippen LogP contribution in [0.15, 0.2) is 73.2 Å². The van der Waals surface area contributed by atoms with Crippen molar-refractivity contribution in [1.29, 1.82) is 0 Å². The Morgan fingerprint density at radius 2 is 1.46 bits per heavy atom. The summed E-state index contributed by atoms with van der Waals surface area (Å²) in [5.74, 6) is -4.09. The van der Waals surface area contributed by atoms with Crippen molar-refractivity contribution in [3.05, 3.63) is 90.0 Å². The number of carbonyl (C=O) groups is 3. The largest absolute Gasteiger partial charge is 0.487 e. The molecule has 4 rings (SSSR count). The molecule has 2 aromatic heterocycles. The third-order valence-corrected chi connectivity index (χ3v) is 7.55. The molecule has 12 nitrogen and oxygen atoms in total.